The highest BCUT2D eigenvalue weighted by Gasteiger charge is 2.16. The van der Waals surface area contributed by atoms with Crippen molar-refractivity contribution in [2.45, 2.75) is 25.7 Å². The van der Waals surface area contributed by atoms with Crippen molar-refractivity contribution >= 4 is 0 Å². The molecule has 0 heterocycles. The zero-order valence-corrected chi connectivity index (χ0v) is 23.3. The molecule has 0 N–H and O–H groups in total. The largest absolute Gasteiger partial charge is 0.497 e. The Hall–Kier alpha value is -4.32. The monoisotopic (exact) mass is 528 g/mol. The molecule has 0 radical (unpaired) electrons. The standard InChI is InChI=1S/C33H36O6/c1-34-27-10-6-8-23(16-27)12-14-25-18-29(36-3)22-30(19-25)39-32-21-26(20-31(37-4)33(32)38-5)15-13-24-9-7-11-28(17-24)35-2/h6-11,16-22H,12-15H2,1-5H3. The highest BCUT2D eigenvalue weighted by Crippen LogP contribution is 2.41. The van der Waals surface area contributed by atoms with Gasteiger partial charge in [-0.2, -0.15) is 0 Å². The van der Waals surface area contributed by atoms with Gasteiger partial charge in [-0.3, -0.25) is 0 Å². The summed E-state index contributed by atoms with van der Waals surface area (Å²) in [6, 6.07) is 26.2. The summed E-state index contributed by atoms with van der Waals surface area (Å²) in [5.74, 6) is 4.86. The van der Waals surface area contributed by atoms with E-state index in [1.54, 1.807) is 35.5 Å². The summed E-state index contributed by atoms with van der Waals surface area (Å²) < 4.78 is 34.1. The molecule has 4 aromatic rings. The second-order valence-corrected chi connectivity index (χ2v) is 9.15. The first-order valence-electron chi connectivity index (χ1n) is 12.9. The second-order valence-electron chi connectivity index (χ2n) is 9.15. The fraction of sp³-hybridized carbons (Fsp3) is 0.273. The summed E-state index contributed by atoms with van der Waals surface area (Å²) in [7, 11) is 8.27. The van der Waals surface area contributed by atoms with Gasteiger partial charge >= 0.3 is 0 Å². The van der Waals surface area contributed by atoms with E-state index in [0.29, 0.717) is 23.0 Å². The van der Waals surface area contributed by atoms with Gasteiger partial charge in [0, 0.05) is 6.07 Å². The van der Waals surface area contributed by atoms with Crippen molar-refractivity contribution in [3.8, 4) is 40.2 Å². The molecule has 4 rings (SSSR count). The summed E-state index contributed by atoms with van der Waals surface area (Å²) in [6.07, 6.45) is 3.33. The molecule has 6 nitrogen and oxygen atoms in total. The molecule has 39 heavy (non-hydrogen) atoms. The Labute approximate surface area is 231 Å². The zero-order valence-electron chi connectivity index (χ0n) is 23.3. The maximum atomic E-state index is 6.42. The van der Waals surface area contributed by atoms with Crippen molar-refractivity contribution in [3.63, 3.8) is 0 Å². The molecule has 0 saturated carbocycles. The van der Waals surface area contributed by atoms with Gasteiger partial charge in [-0.1, -0.05) is 24.3 Å². The minimum Gasteiger partial charge on any atom is -0.497 e. The zero-order chi connectivity index (χ0) is 27.6. The number of hydrogen-bond acceptors (Lipinski definition) is 6. The number of methoxy groups -OCH3 is 5. The van der Waals surface area contributed by atoms with E-state index in [2.05, 4.69) is 24.3 Å². The molecule has 0 aliphatic rings. The lowest BCUT2D eigenvalue weighted by molar-refractivity contribution is 0.335. The van der Waals surface area contributed by atoms with E-state index in [1.165, 1.54) is 11.1 Å². The molecule has 0 aliphatic carbocycles. The van der Waals surface area contributed by atoms with Crippen LogP contribution in [0.25, 0.3) is 0 Å². The van der Waals surface area contributed by atoms with Crippen LogP contribution in [0.5, 0.6) is 40.2 Å². The van der Waals surface area contributed by atoms with E-state index in [4.69, 9.17) is 28.4 Å². The van der Waals surface area contributed by atoms with Gasteiger partial charge in [-0.15, -0.1) is 0 Å². The van der Waals surface area contributed by atoms with E-state index in [1.807, 2.05) is 54.6 Å². The molecule has 0 aromatic heterocycles. The molecular weight excluding hydrogens is 492 g/mol. The SMILES string of the molecule is COc1cccc(CCc2cc(OC)cc(Oc3cc(CCc4cccc(OC)c4)cc(OC)c3OC)c2)c1. The fourth-order valence-electron chi connectivity index (χ4n) is 4.52. The molecule has 0 bridgehead atoms. The van der Waals surface area contributed by atoms with Gasteiger partial charge in [0.1, 0.15) is 23.0 Å². The van der Waals surface area contributed by atoms with Crippen molar-refractivity contribution in [2.75, 3.05) is 35.5 Å². The molecule has 0 unspecified atom stereocenters. The van der Waals surface area contributed by atoms with Crippen LogP contribution in [0.4, 0.5) is 0 Å². The second kappa shape index (κ2) is 13.5. The Balaban J connectivity index is 1.57. The number of rotatable bonds is 13. The lowest BCUT2D eigenvalue weighted by Crippen LogP contribution is -1.99. The topological polar surface area (TPSA) is 55.4 Å². The van der Waals surface area contributed by atoms with E-state index in [-0.39, 0.29) is 0 Å². The molecule has 6 heteroatoms. The average molecular weight is 529 g/mol. The minimum absolute atomic E-state index is 0.545. The Morgan fingerprint density at radius 1 is 0.410 bits per heavy atom. The predicted molar refractivity (Wildman–Crippen MR) is 153 cm³/mol. The van der Waals surface area contributed by atoms with Gasteiger partial charge < -0.3 is 28.4 Å². The molecule has 0 spiro atoms. The van der Waals surface area contributed by atoms with Gasteiger partial charge in [-0.25, -0.2) is 0 Å². The van der Waals surface area contributed by atoms with E-state index in [9.17, 15) is 0 Å². The van der Waals surface area contributed by atoms with Gasteiger partial charge in [0.05, 0.1) is 35.5 Å². The lowest BCUT2D eigenvalue weighted by atomic mass is 10.0. The third-order valence-electron chi connectivity index (χ3n) is 6.58. The van der Waals surface area contributed by atoms with Crippen molar-refractivity contribution in [1.82, 2.24) is 0 Å². The Bertz CT molecular complexity index is 1380. The van der Waals surface area contributed by atoms with Crippen molar-refractivity contribution < 1.29 is 28.4 Å². The third-order valence-corrected chi connectivity index (χ3v) is 6.58. The molecule has 0 fully saturated rings. The van der Waals surface area contributed by atoms with Crippen LogP contribution in [0.2, 0.25) is 0 Å². The maximum Gasteiger partial charge on any atom is 0.203 e. The Morgan fingerprint density at radius 3 is 1.44 bits per heavy atom. The number of ether oxygens (including phenoxy) is 6. The van der Waals surface area contributed by atoms with Crippen LogP contribution in [-0.4, -0.2) is 35.5 Å². The van der Waals surface area contributed by atoms with Crippen molar-refractivity contribution in [2.24, 2.45) is 0 Å². The summed E-state index contributed by atoms with van der Waals surface area (Å²) in [4.78, 5) is 0. The van der Waals surface area contributed by atoms with Gasteiger partial charge in [-0.05, 0) is 96.5 Å². The van der Waals surface area contributed by atoms with Crippen LogP contribution in [-0.2, 0) is 25.7 Å². The smallest absolute Gasteiger partial charge is 0.203 e. The molecule has 0 atom stereocenters. The van der Waals surface area contributed by atoms with Crippen LogP contribution in [0.1, 0.15) is 22.3 Å². The maximum absolute atomic E-state index is 6.42. The van der Waals surface area contributed by atoms with Crippen LogP contribution in [0.3, 0.4) is 0 Å². The van der Waals surface area contributed by atoms with Crippen molar-refractivity contribution in [1.29, 1.82) is 0 Å². The summed E-state index contributed by atoms with van der Waals surface area (Å²) in [5.41, 5.74) is 4.58. The minimum atomic E-state index is 0.545. The van der Waals surface area contributed by atoms with Gasteiger partial charge in [0.2, 0.25) is 5.75 Å². The molecule has 0 saturated heterocycles. The lowest BCUT2D eigenvalue weighted by Gasteiger charge is -2.17. The van der Waals surface area contributed by atoms with Crippen LogP contribution >= 0.6 is 0 Å². The molecule has 204 valence electrons. The Morgan fingerprint density at radius 2 is 0.897 bits per heavy atom. The molecular formula is C33H36O6. The first-order valence-corrected chi connectivity index (χ1v) is 12.9. The summed E-state index contributed by atoms with van der Waals surface area (Å²) >= 11 is 0. The van der Waals surface area contributed by atoms with Crippen LogP contribution in [0, 0.1) is 0 Å². The predicted octanol–water partition coefficient (Wildman–Crippen LogP) is 7.09. The average Bonchev–Trinajstić information content (AvgIpc) is 2.98. The molecule has 0 amide bonds. The number of aryl methyl sites for hydroxylation is 4. The molecule has 4 aromatic carbocycles. The highest BCUT2D eigenvalue weighted by atomic mass is 16.5. The van der Waals surface area contributed by atoms with Gasteiger partial charge in [0.15, 0.2) is 11.5 Å². The molecule has 0 aliphatic heterocycles. The summed E-state index contributed by atoms with van der Waals surface area (Å²) in [6.45, 7) is 0. The summed E-state index contributed by atoms with van der Waals surface area (Å²) in [5, 5.41) is 0. The van der Waals surface area contributed by atoms with Crippen LogP contribution in [0.15, 0.2) is 78.9 Å². The van der Waals surface area contributed by atoms with E-state index in [0.717, 1.165) is 54.1 Å². The van der Waals surface area contributed by atoms with Crippen molar-refractivity contribution in [3.05, 3.63) is 101 Å². The van der Waals surface area contributed by atoms with E-state index < -0.39 is 0 Å². The third kappa shape index (κ3) is 7.38. The quantitative estimate of drug-likeness (QED) is 0.185. The van der Waals surface area contributed by atoms with Crippen LogP contribution < -0.4 is 28.4 Å². The van der Waals surface area contributed by atoms with E-state index >= 15 is 0 Å². The first kappa shape index (κ1) is 27.7. The highest BCUT2D eigenvalue weighted by molar-refractivity contribution is 5.56. The Kier molecular flexibility index (Phi) is 9.57. The normalized spacial score (nSPS) is 10.6. The van der Waals surface area contributed by atoms with Gasteiger partial charge in [0.25, 0.3) is 0 Å². The first-order chi connectivity index (χ1) is 19.0. The number of hydrogen-bond donors (Lipinski definition) is 0. The number of benzene rings is 4. The fourth-order valence-corrected chi connectivity index (χ4v) is 4.52.